The third-order valence-corrected chi connectivity index (χ3v) is 5.86. The number of nitrogens with zero attached hydrogens (tertiary/aromatic N) is 3. The lowest BCUT2D eigenvalue weighted by Gasteiger charge is -2.23. The van der Waals surface area contributed by atoms with E-state index in [0.717, 1.165) is 53.9 Å². The van der Waals surface area contributed by atoms with Gasteiger partial charge in [-0.3, -0.25) is 9.79 Å². The van der Waals surface area contributed by atoms with Gasteiger partial charge in [0.1, 0.15) is 0 Å². The minimum absolute atomic E-state index is 0.464. The number of nitrogens with one attached hydrogen (secondary N) is 2. The Morgan fingerprint density at radius 3 is 2.93 bits per heavy atom. The molecule has 0 spiro atoms. The molecule has 1 aromatic heterocycles. The van der Waals surface area contributed by atoms with Crippen LogP contribution in [0, 0.1) is 5.92 Å². The lowest BCUT2D eigenvalue weighted by Crippen LogP contribution is -2.29. The highest BCUT2D eigenvalue weighted by Crippen LogP contribution is 2.38. The van der Waals surface area contributed by atoms with Crippen LogP contribution in [-0.2, 0) is 6.42 Å². The van der Waals surface area contributed by atoms with Gasteiger partial charge in [0.2, 0.25) is 0 Å². The van der Waals surface area contributed by atoms with E-state index in [0.29, 0.717) is 17.0 Å². The van der Waals surface area contributed by atoms with Gasteiger partial charge in [-0.1, -0.05) is 19.1 Å². The first kappa shape index (κ1) is 20.1. The first-order chi connectivity index (χ1) is 14.5. The smallest absolute Gasteiger partial charge is 0.253 e. The molecule has 0 radical (unpaired) electrons. The molecule has 0 fully saturated rings. The molecule has 1 atom stereocenters. The van der Waals surface area contributed by atoms with Gasteiger partial charge in [-0.15, -0.1) is 0 Å². The van der Waals surface area contributed by atoms with Crippen molar-refractivity contribution in [3.63, 3.8) is 0 Å². The second kappa shape index (κ2) is 8.28. The van der Waals surface area contributed by atoms with Gasteiger partial charge in [-0.05, 0) is 49.1 Å². The number of hydrogen-bond donors (Lipinski definition) is 3. The lowest BCUT2D eigenvalue weighted by atomic mass is 9.91. The molecule has 4 N–H and O–H groups in total. The fourth-order valence-electron chi connectivity index (χ4n) is 4.06. The molecular weight excluding hydrogens is 376 g/mol. The largest absolute Gasteiger partial charge is 0.373 e. The zero-order chi connectivity index (χ0) is 21.3. The standard InChI is InChI=1S/C23H28N6O/c1-4-14-9-16-6-5-15(10-18(16)26-12-14)17-11-19(29(3)8-7-25-2)20(23(24)30)22-21(17)27-13-28-22/h5-6,10-14,25H,4,7-9H2,1-3H3,(H2,24,30)(H,27,28)/t14-/m0/s1. The van der Waals surface area contributed by atoms with E-state index < -0.39 is 5.91 Å². The van der Waals surface area contributed by atoms with Gasteiger partial charge in [0.05, 0.1) is 34.3 Å². The Balaban J connectivity index is 1.87. The number of H-pyrrole nitrogens is 1. The van der Waals surface area contributed by atoms with Crippen LogP contribution in [0.15, 0.2) is 35.6 Å². The van der Waals surface area contributed by atoms with Gasteiger partial charge in [0, 0.05) is 31.9 Å². The number of carbonyl (C=O) groups excluding carboxylic acids is 1. The summed E-state index contributed by atoms with van der Waals surface area (Å²) >= 11 is 0. The first-order valence-corrected chi connectivity index (χ1v) is 10.4. The summed E-state index contributed by atoms with van der Waals surface area (Å²) < 4.78 is 0. The average molecular weight is 405 g/mol. The number of nitrogens with two attached hydrogens (primary N) is 1. The first-order valence-electron chi connectivity index (χ1n) is 10.4. The van der Waals surface area contributed by atoms with Crippen molar-refractivity contribution in [3.8, 4) is 11.1 Å². The van der Waals surface area contributed by atoms with Crippen molar-refractivity contribution >= 4 is 34.5 Å². The molecule has 0 unspecified atom stereocenters. The van der Waals surface area contributed by atoms with Crippen LogP contribution in [0.4, 0.5) is 11.4 Å². The highest BCUT2D eigenvalue weighted by atomic mass is 16.1. The normalized spacial score (nSPS) is 15.4. The van der Waals surface area contributed by atoms with E-state index in [2.05, 4.69) is 46.6 Å². The fraction of sp³-hybridized carbons (Fsp3) is 0.348. The van der Waals surface area contributed by atoms with Gasteiger partial charge in [-0.2, -0.15) is 0 Å². The van der Waals surface area contributed by atoms with Gasteiger partial charge >= 0.3 is 0 Å². The Hall–Kier alpha value is -3.19. The number of likely N-dealkylation sites (N-methyl/N-ethyl adjacent to an activating group) is 2. The molecule has 1 amide bonds. The van der Waals surface area contributed by atoms with Crippen LogP contribution >= 0.6 is 0 Å². The molecule has 0 bridgehead atoms. The van der Waals surface area contributed by atoms with Gasteiger partial charge in [-0.25, -0.2) is 4.98 Å². The Kier molecular flexibility index (Phi) is 5.55. The van der Waals surface area contributed by atoms with E-state index in [4.69, 9.17) is 10.7 Å². The molecule has 1 aliphatic rings. The summed E-state index contributed by atoms with van der Waals surface area (Å²) in [6.07, 6.45) is 5.78. The van der Waals surface area contributed by atoms with Crippen molar-refractivity contribution in [2.75, 3.05) is 32.1 Å². The molecule has 2 heterocycles. The Bertz CT molecular complexity index is 1120. The molecule has 3 aromatic rings. The second-order valence-corrected chi connectivity index (χ2v) is 7.83. The number of aromatic nitrogens is 2. The fourth-order valence-corrected chi connectivity index (χ4v) is 4.06. The van der Waals surface area contributed by atoms with Gasteiger partial charge in [0.25, 0.3) is 5.91 Å². The highest BCUT2D eigenvalue weighted by molar-refractivity contribution is 6.12. The monoisotopic (exact) mass is 404 g/mol. The summed E-state index contributed by atoms with van der Waals surface area (Å²) in [5, 5.41) is 3.14. The molecule has 7 nitrogen and oxygen atoms in total. The van der Waals surface area contributed by atoms with Crippen molar-refractivity contribution in [1.29, 1.82) is 0 Å². The van der Waals surface area contributed by atoms with Crippen LogP contribution in [0.2, 0.25) is 0 Å². The quantitative estimate of drug-likeness (QED) is 0.563. The zero-order valence-corrected chi connectivity index (χ0v) is 17.7. The van der Waals surface area contributed by atoms with Gasteiger partial charge < -0.3 is 20.9 Å². The Labute approximate surface area is 176 Å². The number of imidazole rings is 1. The third kappa shape index (κ3) is 3.57. The average Bonchev–Trinajstić information content (AvgIpc) is 3.24. The summed E-state index contributed by atoms with van der Waals surface area (Å²) in [4.78, 5) is 26.7. The second-order valence-electron chi connectivity index (χ2n) is 7.83. The van der Waals surface area contributed by atoms with E-state index in [1.165, 1.54) is 5.56 Å². The van der Waals surface area contributed by atoms with E-state index in [9.17, 15) is 4.79 Å². The van der Waals surface area contributed by atoms with Crippen LogP contribution in [0.3, 0.4) is 0 Å². The number of benzene rings is 2. The van der Waals surface area contributed by atoms with Crippen LogP contribution in [0.5, 0.6) is 0 Å². The van der Waals surface area contributed by atoms with E-state index in [1.807, 2.05) is 25.1 Å². The molecular formula is C23H28N6O. The van der Waals surface area contributed by atoms with Crippen LogP contribution in [0.25, 0.3) is 22.2 Å². The van der Waals surface area contributed by atoms with E-state index in [-0.39, 0.29) is 0 Å². The lowest BCUT2D eigenvalue weighted by molar-refractivity contribution is 0.100. The van der Waals surface area contributed by atoms with Crippen LogP contribution < -0.4 is 16.0 Å². The van der Waals surface area contributed by atoms with Crippen LogP contribution in [-0.4, -0.2) is 49.3 Å². The van der Waals surface area contributed by atoms with Gasteiger partial charge in [0.15, 0.2) is 0 Å². The summed E-state index contributed by atoms with van der Waals surface area (Å²) in [5.41, 5.74) is 12.7. The summed E-state index contributed by atoms with van der Waals surface area (Å²) in [5.74, 6) is 0.0337. The minimum atomic E-state index is -0.470. The maximum atomic E-state index is 12.3. The number of aromatic amines is 1. The number of primary amides is 1. The number of anilines is 1. The molecule has 30 heavy (non-hydrogen) atoms. The number of hydrogen-bond acceptors (Lipinski definition) is 5. The van der Waals surface area contributed by atoms with Crippen molar-refractivity contribution < 1.29 is 4.79 Å². The minimum Gasteiger partial charge on any atom is -0.373 e. The van der Waals surface area contributed by atoms with Crippen molar-refractivity contribution in [2.45, 2.75) is 19.8 Å². The molecule has 0 saturated heterocycles. The molecule has 0 aliphatic carbocycles. The Morgan fingerprint density at radius 2 is 2.20 bits per heavy atom. The molecule has 7 heteroatoms. The number of rotatable bonds is 7. The molecule has 156 valence electrons. The summed E-state index contributed by atoms with van der Waals surface area (Å²) in [6, 6.07) is 8.41. The molecule has 1 aliphatic heterocycles. The summed E-state index contributed by atoms with van der Waals surface area (Å²) in [7, 11) is 3.87. The highest BCUT2D eigenvalue weighted by Gasteiger charge is 2.22. The molecule has 2 aromatic carbocycles. The number of fused-ring (bicyclic) bond motifs is 2. The number of amides is 1. The topological polar surface area (TPSA) is 99.4 Å². The van der Waals surface area contributed by atoms with Crippen molar-refractivity contribution in [3.05, 3.63) is 41.7 Å². The molecule has 4 rings (SSSR count). The zero-order valence-electron chi connectivity index (χ0n) is 17.7. The number of carbonyl (C=O) groups is 1. The predicted octanol–water partition coefficient (Wildman–Crippen LogP) is 3.27. The SMILES string of the molecule is CC[C@@H]1C=Nc2cc(-c3cc(N(C)CCNC)c(C(N)=O)c4[nH]cnc34)ccc2C1. The predicted molar refractivity (Wildman–Crippen MR) is 123 cm³/mol. The Morgan fingerprint density at radius 1 is 1.37 bits per heavy atom. The number of aliphatic imine (C=N–C) groups is 1. The maximum absolute atomic E-state index is 12.3. The van der Waals surface area contributed by atoms with E-state index in [1.54, 1.807) is 6.33 Å². The maximum Gasteiger partial charge on any atom is 0.253 e. The van der Waals surface area contributed by atoms with Crippen molar-refractivity contribution in [2.24, 2.45) is 16.6 Å². The van der Waals surface area contributed by atoms with E-state index >= 15 is 0 Å². The molecule has 0 saturated carbocycles. The van der Waals surface area contributed by atoms with Crippen LogP contribution in [0.1, 0.15) is 29.3 Å². The van der Waals surface area contributed by atoms with Crippen molar-refractivity contribution in [1.82, 2.24) is 15.3 Å². The summed E-state index contributed by atoms with van der Waals surface area (Å²) in [6.45, 7) is 3.72. The third-order valence-electron chi connectivity index (χ3n) is 5.86.